The number of imidazole rings is 1. The van der Waals surface area contributed by atoms with Gasteiger partial charge in [-0.1, -0.05) is 11.3 Å². The highest BCUT2D eigenvalue weighted by molar-refractivity contribution is 7.25. The van der Waals surface area contributed by atoms with Crippen LogP contribution in [0.1, 0.15) is 5.56 Å². The Morgan fingerprint density at radius 2 is 2.25 bits per heavy atom. The number of thiophene rings is 1. The molecular weight excluding hydrogens is 268 g/mol. The van der Waals surface area contributed by atoms with Gasteiger partial charge in [0.2, 0.25) is 10.3 Å². The minimum atomic E-state index is 0.928. The van der Waals surface area contributed by atoms with E-state index in [-0.39, 0.29) is 0 Å². The number of hydrogen-bond donors (Lipinski definition) is 0. The average molecular weight is 279 g/mol. The summed E-state index contributed by atoms with van der Waals surface area (Å²) >= 11 is 1.82. The summed E-state index contributed by atoms with van der Waals surface area (Å²) in [6.07, 6.45) is 5.70. The van der Waals surface area contributed by atoms with Gasteiger partial charge in [-0.2, -0.15) is 0 Å². The molecule has 0 aliphatic carbocycles. The van der Waals surface area contributed by atoms with Crippen molar-refractivity contribution >= 4 is 31.9 Å². The summed E-state index contributed by atoms with van der Waals surface area (Å²) < 4.78 is 5.89. The van der Waals surface area contributed by atoms with Gasteiger partial charge in [-0.15, -0.1) is 0 Å². The molecule has 0 radical (unpaired) electrons. The van der Waals surface area contributed by atoms with Crippen LogP contribution in [0.15, 0.2) is 36.8 Å². The molecule has 0 saturated carbocycles. The summed E-state index contributed by atoms with van der Waals surface area (Å²) in [5.41, 5.74) is 4.91. The lowest BCUT2D eigenvalue weighted by Crippen LogP contribution is -2.30. The normalized spacial score (nSPS) is 13.1. The van der Waals surface area contributed by atoms with Crippen molar-refractivity contribution in [3.8, 4) is 11.4 Å². The Morgan fingerprint density at radius 1 is 1.30 bits per heavy atom. The van der Waals surface area contributed by atoms with Gasteiger partial charge in [-0.05, 0) is 18.2 Å². The van der Waals surface area contributed by atoms with Crippen molar-refractivity contribution in [2.24, 2.45) is 7.05 Å². The van der Waals surface area contributed by atoms with E-state index in [1.165, 1.54) is 32.0 Å². The third kappa shape index (κ3) is 1.10. The van der Waals surface area contributed by atoms with Crippen LogP contribution in [0, 0.1) is 0 Å². The van der Waals surface area contributed by atoms with E-state index in [1.54, 1.807) is 0 Å². The third-order valence-electron chi connectivity index (χ3n) is 4.04. The van der Waals surface area contributed by atoms with Gasteiger partial charge < -0.3 is 0 Å². The molecule has 5 heteroatoms. The molecular formula is C15H11N4S+. The van der Waals surface area contributed by atoms with Crippen LogP contribution in [0.3, 0.4) is 0 Å². The molecule has 96 valence electrons. The number of fused-ring (bicyclic) bond motifs is 7. The second-order valence-electron chi connectivity index (χ2n) is 5.11. The maximum Gasteiger partial charge on any atom is 0.292 e. The lowest BCUT2D eigenvalue weighted by molar-refractivity contribution is -0.644. The van der Waals surface area contributed by atoms with E-state index in [0.717, 1.165) is 12.1 Å². The lowest BCUT2D eigenvalue weighted by Gasteiger charge is -1.94. The largest absolute Gasteiger partial charge is 0.292 e. The van der Waals surface area contributed by atoms with Gasteiger partial charge in [-0.25, -0.2) is 9.13 Å². The van der Waals surface area contributed by atoms with Gasteiger partial charge in [-0.3, -0.25) is 9.97 Å². The molecule has 0 amide bonds. The fourth-order valence-corrected chi connectivity index (χ4v) is 4.37. The number of pyridine rings is 2. The number of rotatable bonds is 0. The first-order valence-electron chi connectivity index (χ1n) is 6.53. The van der Waals surface area contributed by atoms with E-state index in [1.807, 2.05) is 36.0 Å². The summed E-state index contributed by atoms with van der Waals surface area (Å²) in [4.78, 5) is 10.1. The van der Waals surface area contributed by atoms with Crippen molar-refractivity contribution < 1.29 is 4.57 Å². The summed E-state index contributed by atoms with van der Waals surface area (Å²) in [6, 6.07) is 6.25. The minimum absolute atomic E-state index is 0.928. The van der Waals surface area contributed by atoms with Crippen molar-refractivity contribution in [2.45, 2.75) is 6.54 Å². The molecule has 0 spiro atoms. The second-order valence-corrected chi connectivity index (χ2v) is 6.14. The van der Waals surface area contributed by atoms with Crippen LogP contribution in [0.4, 0.5) is 0 Å². The number of aromatic nitrogens is 4. The van der Waals surface area contributed by atoms with Crippen LogP contribution in [0.5, 0.6) is 0 Å². The first kappa shape index (κ1) is 10.5. The zero-order valence-electron chi connectivity index (χ0n) is 10.9. The Balaban J connectivity index is 1.98. The van der Waals surface area contributed by atoms with Crippen LogP contribution in [-0.2, 0) is 13.6 Å². The lowest BCUT2D eigenvalue weighted by atomic mass is 10.2. The highest BCUT2D eigenvalue weighted by Gasteiger charge is 2.35. The Kier molecular flexibility index (Phi) is 1.80. The highest BCUT2D eigenvalue weighted by Crippen LogP contribution is 2.36. The molecule has 20 heavy (non-hydrogen) atoms. The molecule has 0 aromatic carbocycles. The van der Waals surface area contributed by atoms with E-state index in [2.05, 4.69) is 38.3 Å². The van der Waals surface area contributed by atoms with E-state index >= 15 is 0 Å². The molecule has 0 N–H and O–H groups in total. The number of nitrogens with zero attached hydrogens (tertiary/aromatic N) is 4. The van der Waals surface area contributed by atoms with Crippen LogP contribution in [0.2, 0.25) is 0 Å². The fourth-order valence-electron chi connectivity index (χ4n) is 3.18. The van der Waals surface area contributed by atoms with E-state index < -0.39 is 0 Å². The second kappa shape index (κ2) is 3.43. The van der Waals surface area contributed by atoms with Crippen molar-refractivity contribution in [1.29, 1.82) is 0 Å². The summed E-state index contributed by atoms with van der Waals surface area (Å²) in [5.74, 6) is 1.24. The SMILES string of the molecule is Cn1c2[n+](c3sc4cccnc4c31)Cc1ccncc1-2. The Hall–Kier alpha value is -2.27. The molecule has 1 aliphatic heterocycles. The molecule has 0 bridgehead atoms. The smallest absolute Gasteiger partial charge is 0.264 e. The van der Waals surface area contributed by atoms with Gasteiger partial charge in [0.05, 0.1) is 17.3 Å². The van der Waals surface area contributed by atoms with Crippen LogP contribution in [0.25, 0.3) is 32.0 Å². The zero-order valence-corrected chi connectivity index (χ0v) is 11.7. The van der Waals surface area contributed by atoms with E-state index in [4.69, 9.17) is 0 Å². The fraction of sp³-hybridized carbons (Fsp3) is 0.133. The van der Waals surface area contributed by atoms with Crippen molar-refractivity contribution in [3.05, 3.63) is 42.4 Å². The molecule has 4 aromatic heterocycles. The molecule has 4 aromatic rings. The predicted octanol–water partition coefficient (Wildman–Crippen LogP) is 2.50. The Labute approximate surface area is 119 Å². The van der Waals surface area contributed by atoms with Gasteiger partial charge in [0, 0.05) is 24.2 Å². The molecule has 5 heterocycles. The van der Waals surface area contributed by atoms with Gasteiger partial charge in [0.1, 0.15) is 12.1 Å². The van der Waals surface area contributed by atoms with Crippen LogP contribution < -0.4 is 4.57 Å². The molecule has 0 unspecified atom stereocenters. The molecule has 4 nitrogen and oxygen atoms in total. The number of hydrogen-bond acceptors (Lipinski definition) is 3. The van der Waals surface area contributed by atoms with Gasteiger partial charge in [0.15, 0.2) is 0 Å². The van der Waals surface area contributed by atoms with Crippen molar-refractivity contribution in [3.63, 3.8) is 0 Å². The van der Waals surface area contributed by atoms with Gasteiger partial charge >= 0.3 is 0 Å². The Morgan fingerprint density at radius 3 is 3.20 bits per heavy atom. The predicted molar refractivity (Wildman–Crippen MR) is 78.6 cm³/mol. The maximum absolute atomic E-state index is 4.56. The standard InChI is InChI=1S/C15H11N4S/c1-18-13-12-11(3-2-5-17-12)20-15(13)19-8-9-4-6-16-7-10(9)14(18)19/h2-7H,8H2,1H3/q+1. The average Bonchev–Trinajstić information content (AvgIpc) is 3.10. The van der Waals surface area contributed by atoms with Crippen LogP contribution in [-0.4, -0.2) is 14.5 Å². The minimum Gasteiger partial charge on any atom is -0.264 e. The first-order valence-corrected chi connectivity index (χ1v) is 7.35. The van der Waals surface area contributed by atoms with Crippen molar-refractivity contribution in [2.75, 3.05) is 0 Å². The monoisotopic (exact) mass is 279 g/mol. The van der Waals surface area contributed by atoms with Gasteiger partial charge in [0.25, 0.3) is 5.82 Å². The summed E-state index contributed by atoms with van der Waals surface area (Å²) in [5, 5.41) is 0. The third-order valence-corrected chi connectivity index (χ3v) is 5.20. The maximum atomic E-state index is 4.56. The van der Waals surface area contributed by atoms with Crippen molar-refractivity contribution in [1.82, 2.24) is 14.5 Å². The molecule has 1 aliphatic rings. The Bertz CT molecular complexity index is 996. The zero-order chi connectivity index (χ0) is 13.3. The quantitative estimate of drug-likeness (QED) is 0.408. The number of aryl methyl sites for hydroxylation is 1. The van der Waals surface area contributed by atoms with E-state index in [9.17, 15) is 0 Å². The topological polar surface area (TPSA) is 34.6 Å². The molecule has 5 rings (SSSR count). The molecule has 0 fully saturated rings. The first-order chi connectivity index (χ1) is 9.84. The molecule has 0 atom stereocenters. The molecule has 0 saturated heterocycles. The highest BCUT2D eigenvalue weighted by atomic mass is 32.1. The van der Waals surface area contributed by atoms with E-state index in [0.29, 0.717) is 0 Å². The van der Waals surface area contributed by atoms with Crippen LogP contribution >= 0.6 is 11.3 Å². The summed E-state index contributed by atoms with van der Waals surface area (Å²) in [7, 11) is 2.12. The summed E-state index contributed by atoms with van der Waals surface area (Å²) in [6.45, 7) is 0.928.